The molecule has 2 rings (SSSR count). The van der Waals surface area contributed by atoms with Crippen molar-refractivity contribution in [1.82, 2.24) is 10.3 Å². The van der Waals surface area contributed by atoms with E-state index < -0.39 is 5.91 Å². The van der Waals surface area contributed by atoms with Gasteiger partial charge in [0, 0.05) is 17.8 Å². The Kier molecular flexibility index (Phi) is 6.60. The largest absolute Gasteiger partial charge is 0.351 e. The third kappa shape index (κ3) is 5.51. The van der Waals surface area contributed by atoms with E-state index in [0.29, 0.717) is 23.7 Å². The van der Waals surface area contributed by atoms with Crippen molar-refractivity contribution < 1.29 is 14.4 Å². The maximum absolute atomic E-state index is 12.4. The van der Waals surface area contributed by atoms with Crippen LogP contribution in [0.5, 0.6) is 0 Å². The molecule has 1 aromatic carbocycles. The lowest BCUT2D eigenvalue weighted by Crippen LogP contribution is -2.27. The molecule has 0 bridgehead atoms. The molecule has 2 amide bonds. The number of Topliss-reactive ketones (excluding diaryl/α,β-unsaturated/α-hetero) is 1. The fraction of sp³-hybridized carbons (Fsp3) is 0.300. The minimum absolute atomic E-state index is 0.0840. The summed E-state index contributed by atoms with van der Waals surface area (Å²) in [5, 5.41) is 5.49. The van der Waals surface area contributed by atoms with Crippen LogP contribution in [-0.2, 0) is 0 Å². The summed E-state index contributed by atoms with van der Waals surface area (Å²) in [6.45, 7) is 6.18. The highest BCUT2D eigenvalue weighted by atomic mass is 16.2. The summed E-state index contributed by atoms with van der Waals surface area (Å²) in [6.07, 6.45) is 0.873. The van der Waals surface area contributed by atoms with E-state index >= 15 is 0 Å². The van der Waals surface area contributed by atoms with Crippen molar-refractivity contribution in [3.05, 3.63) is 59.4 Å². The van der Waals surface area contributed by atoms with Gasteiger partial charge in [-0.25, -0.2) is 4.98 Å². The quantitative estimate of drug-likeness (QED) is 0.748. The predicted octanol–water partition coefficient (Wildman–Crippen LogP) is 3.31. The zero-order valence-electron chi connectivity index (χ0n) is 15.2. The van der Waals surface area contributed by atoms with Gasteiger partial charge in [0.15, 0.2) is 5.78 Å². The Labute approximate surface area is 153 Å². The van der Waals surface area contributed by atoms with Crippen molar-refractivity contribution in [2.45, 2.75) is 27.2 Å². The van der Waals surface area contributed by atoms with Gasteiger partial charge in [0.05, 0.1) is 0 Å². The number of rotatable bonds is 7. The van der Waals surface area contributed by atoms with Gasteiger partial charge in [0.1, 0.15) is 11.4 Å². The Morgan fingerprint density at radius 2 is 1.65 bits per heavy atom. The number of nitrogens with one attached hydrogen (secondary N) is 2. The summed E-state index contributed by atoms with van der Waals surface area (Å²) in [6, 6.07) is 11.4. The Bertz CT molecular complexity index is 815. The highest BCUT2D eigenvalue weighted by Crippen LogP contribution is 2.12. The van der Waals surface area contributed by atoms with Crippen molar-refractivity contribution in [1.29, 1.82) is 0 Å². The molecule has 0 fully saturated rings. The van der Waals surface area contributed by atoms with Crippen molar-refractivity contribution in [2.24, 2.45) is 5.92 Å². The molecule has 0 aliphatic heterocycles. The fourth-order valence-corrected chi connectivity index (χ4v) is 2.26. The molecule has 0 saturated heterocycles. The zero-order valence-corrected chi connectivity index (χ0v) is 15.2. The minimum atomic E-state index is -0.442. The SMILES string of the molecule is CC(=O)c1cccc(NC(=O)c2cccc(C(=O)NCCC(C)C)n2)c1. The van der Waals surface area contributed by atoms with Gasteiger partial charge >= 0.3 is 0 Å². The molecule has 2 aromatic rings. The molecule has 1 heterocycles. The van der Waals surface area contributed by atoms with Gasteiger partial charge in [0.25, 0.3) is 11.8 Å². The molecule has 0 aliphatic carbocycles. The molecule has 0 saturated carbocycles. The highest BCUT2D eigenvalue weighted by Gasteiger charge is 2.13. The number of ketones is 1. The van der Waals surface area contributed by atoms with E-state index in [1.807, 2.05) is 0 Å². The van der Waals surface area contributed by atoms with Crippen LogP contribution in [0.1, 0.15) is 58.5 Å². The molecule has 6 nitrogen and oxygen atoms in total. The first kappa shape index (κ1) is 19.3. The van der Waals surface area contributed by atoms with Crippen LogP contribution in [0.4, 0.5) is 5.69 Å². The molecule has 0 spiro atoms. The Morgan fingerprint density at radius 1 is 1.00 bits per heavy atom. The molecular formula is C20H23N3O3. The molecular weight excluding hydrogens is 330 g/mol. The summed E-state index contributed by atoms with van der Waals surface area (Å²) in [4.78, 5) is 40.1. The van der Waals surface area contributed by atoms with Crippen LogP contribution in [0, 0.1) is 5.92 Å². The second-order valence-electron chi connectivity index (χ2n) is 6.44. The van der Waals surface area contributed by atoms with E-state index in [9.17, 15) is 14.4 Å². The molecule has 26 heavy (non-hydrogen) atoms. The van der Waals surface area contributed by atoms with Crippen LogP contribution >= 0.6 is 0 Å². The third-order valence-electron chi connectivity index (χ3n) is 3.75. The highest BCUT2D eigenvalue weighted by molar-refractivity contribution is 6.04. The van der Waals surface area contributed by atoms with Crippen molar-refractivity contribution >= 4 is 23.3 Å². The van der Waals surface area contributed by atoms with Gasteiger partial charge in [0.2, 0.25) is 0 Å². The topological polar surface area (TPSA) is 88.2 Å². The lowest BCUT2D eigenvalue weighted by molar-refractivity contribution is 0.0945. The Balaban J connectivity index is 2.06. The van der Waals surface area contributed by atoms with Crippen LogP contribution in [0.3, 0.4) is 0 Å². The first-order chi connectivity index (χ1) is 12.4. The number of hydrogen-bond acceptors (Lipinski definition) is 4. The zero-order chi connectivity index (χ0) is 19.1. The van der Waals surface area contributed by atoms with E-state index in [4.69, 9.17) is 0 Å². The monoisotopic (exact) mass is 353 g/mol. The molecule has 0 radical (unpaired) electrons. The van der Waals surface area contributed by atoms with Gasteiger partial charge in [-0.3, -0.25) is 14.4 Å². The lowest BCUT2D eigenvalue weighted by Gasteiger charge is -2.09. The molecule has 0 atom stereocenters. The Hall–Kier alpha value is -3.02. The van der Waals surface area contributed by atoms with Crippen LogP contribution < -0.4 is 10.6 Å². The van der Waals surface area contributed by atoms with E-state index in [0.717, 1.165) is 6.42 Å². The molecule has 136 valence electrons. The average Bonchev–Trinajstić information content (AvgIpc) is 2.61. The number of carbonyl (C=O) groups excluding carboxylic acids is 3. The first-order valence-corrected chi connectivity index (χ1v) is 8.54. The Morgan fingerprint density at radius 3 is 2.31 bits per heavy atom. The van der Waals surface area contributed by atoms with Gasteiger partial charge in [-0.15, -0.1) is 0 Å². The van der Waals surface area contributed by atoms with Crippen molar-refractivity contribution in [3.8, 4) is 0 Å². The van der Waals surface area contributed by atoms with Crippen LogP contribution in [0.15, 0.2) is 42.5 Å². The van der Waals surface area contributed by atoms with Crippen molar-refractivity contribution in [2.75, 3.05) is 11.9 Å². The number of hydrogen-bond donors (Lipinski definition) is 2. The molecule has 1 aromatic heterocycles. The van der Waals surface area contributed by atoms with E-state index in [-0.39, 0.29) is 23.1 Å². The molecule has 0 unspecified atom stereocenters. The standard InChI is InChI=1S/C20H23N3O3/c1-13(2)10-11-21-19(25)17-8-5-9-18(23-17)20(26)22-16-7-4-6-15(12-16)14(3)24/h4-9,12-13H,10-11H2,1-3H3,(H,21,25)(H,22,26). The lowest BCUT2D eigenvalue weighted by atomic mass is 10.1. The third-order valence-corrected chi connectivity index (χ3v) is 3.75. The first-order valence-electron chi connectivity index (χ1n) is 8.54. The van der Waals surface area contributed by atoms with Crippen LogP contribution in [0.25, 0.3) is 0 Å². The maximum Gasteiger partial charge on any atom is 0.274 e. The predicted molar refractivity (Wildman–Crippen MR) is 100 cm³/mol. The summed E-state index contributed by atoms with van der Waals surface area (Å²) < 4.78 is 0. The summed E-state index contributed by atoms with van der Waals surface area (Å²) in [5.74, 6) is -0.341. The molecule has 0 aliphatic rings. The average molecular weight is 353 g/mol. The molecule has 6 heteroatoms. The van der Waals surface area contributed by atoms with Gasteiger partial charge in [-0.1, -0.05) is 32.0 Å². The number of anilines is 1. The maximum atomic E-state index is 12.4. The molecule has 2 N–H and O–H groups in total. The second-order valence-corrected chi connectivity index (χ2v) is 6.44. The normalized spacial score (nSPS) is 10.5. The van der Waals surface area contributed by atoms with Crippen LogP contribution in [-0.4, -0.2) is 29.1 Å². The smallest absolute Gasteiger partial charge is 0.274 e. The number of nitrogens with zero attached hydrogens (tertiary/aromatic N) is 1. The number of carbonyl (C=O) groups is 3. The van der Waals surface area contributed by atoms with Gasteiger partial charge in [-0.05, 0) is 43.5 Å². The minimum Gasteiger partial charge on any atom is -0.351 e. The van der Waals surface area contributed by atoms with Gasteiger partial charge < -0.3 is 10.6 Å². The van der Waals surface area contributed by atoms with Crippen LogP contribution in [0.2, 0.25) is 0 Å². The summed E-state index contributed by atoms with van der Waals surface area (Å²) >= 11 is 0. The summed E-state index contributed by atoms with van der Waals surface area (Å²) in [5.41, 5.74) is 1.33. The number of pyridine rings is 1. The number of benzene rings is 1. The van der Waals surface area contributed by atoms with E-state index in [1.165, 1.54) is 13.0 Å². The van der Waals surface area contributed by atoms with Gasteiger partial charge in [-0.2, -0.15) is 0 Å². The number of aromatic nitrogens is 1. The van der Waals surface area contributed by atoms with Crippen molar-refractivity contribution in [3.63, 3.8) is 0 Å². The second kappa shape index (κ2) is 8.89. The number of amides is 2. The summed E-state index contributed by atoms with van der Waals surface area (Å²) in [7, 11) is 0. The van der Waals surface area contributed by atoms with E-state index in [1.54, 1.807) is 36.4 Å². The fourth-order valence-electron chi connectivity index (χ4n) is 2.26. The van der Waals surface area contributed by atoms with E-state index in [2.05, 4.69) is 29.5 Å².